The zero-order valence-corrected chi connectivity index (χ0v) is 23.6. The number of hydrogen-bond acceptors (Lipinski definition) is 7. The zero-order chi connectivity index (χ0) is 28.5. The van der Waals surface area contributed by atoms with Crippen LogP contribution in [0.4, 0.5) is 14.6 Å². The first-order valence-corrected chi connectivity index (χ1v) is 16.1. The summed E-state index contributed by atoms with van der Waals surface area (Å²) in [5.41, 5.74) is 0.618. The van der Waals surface area contributed by atoms with Gasteiger partial charge >= 0.3 is 0 Å². The van der Waals surface area contributed by atoms with E-state index in [1.165, 1.54) is 24.4 Å². The summed E-state index contributed by atoms with van der Waals surface area (Å²) < 4.78 is 90.0. The number of nitrogens with zero attached hydrogens (tertiary/aromatic N) is 2. The number of aryl methyl sites for hydroxylation is 1. The first kappa shape index (κ1) is 28.6. The summed E-state index contributed by atoms with van der Waals surface area (Å²) in [6, 6.07) is 11.6. The molecule has 2 aromatic carbocycles. The summed E-state index contributed by atoms with van der Waals surface area (Å²) in [7, 11) is -8.13. The summed E-state index contributed by atoms with van der Waals surface area (Å²) in [6.07, 6.45) is 1.33. The Labute approximate surface area is 233 Å². The van der Waals surface area contributed by atoms with E-state index in [-0.39, 0.29) is 41.0 Å². The summed E-state index contributed by atoms with van der Waals surface area (Å²) in [5, 5.41) is 0. The van der Waals surface area contributed by atoms with Gasteiger partial charge in [0.2, 0.25) is 10.0 Å². The molecule has 0 radical (unpaired) electrons. The Morgan fingerprint density at radius 1 is 0.925 bits per heavy atom. The number of rotatable bonds is 7. The van der Waals surface area contributed by atoms with E-state index in [0.717, 1.165) is 23.8 Å². The molecule has 0 amide bonds. The van der Waals surface area contributed by atoms with Crippen molar-refractivity contribution in [3.63, 3.8) is 0 Å². The normalized spacial score (nSPS) is 22.3. The second-order valence-electron chi connectivity index (χ2n) is 10.3. The van der Waals surface area contributed by atoms with E-state index in [9.17, 15) is 21.2 Å². The van der Waals surface area contributed by atoms with E-state index in [0.29, 0.717) is 32.1 Å². The lowest BCUT2D eigenvalue weighted by Crippen LogP contribution is -2.46. The van der Waals surface area contributed by atoms with Gasteiger partial charge in [-0.3, -0.25) is 0 Å². The molecule has 0 unspecified atom stereocenters. The molecule has 5 rings (SSSR count). The Bertz CT molecular complexity index is 1570. The average Bonchev–Trinajstić information content (AvgIpc) is 2.95. The SMILES string of the molecule is Cc1ccc(S(=O)(=O)C2(c3cc(F)ccc3F)CCC(NS(=O)(=O)c3ccc(N4CCOCC4)nc3)CC2)cc1. The number of halogens is 2. The molecule has 1 saturated carbocycles. The molecule has 12 heteroatoms. The fraction of sp³-hybridized carbons (Fsp3) is 0.393. The molecule has 1 saturated heterocycles. The van der Waals surface area contributed by atoms with Gasteiger partial charge in [0.25, 0.3) is 0 Å². The molecule has 2 fully saturated rings. The minimum absolute atomic E-state index is 0.00669. The van der Waals surface area contributed by atoms with E-state index < -0.39 is 42.3 Å². The lowest BCUT2D eigenvalue weighted by atomic mass is 9.80. The van der Waals surface area contributed by atoms with Crippen LogP contribution in [0.1, 0.15) is 36.8 Å². The first-order valence-electron chi connectivity index (χ1n) is 13.1. The summed E-state index contributed by atoms with van der Waals surface area (Å²) >= 11 is 0. The molecule has 1 aromatic heterocycles. The highest BCUT2D eigenvalue weighted by Gasteiger charge is 2.50. The van der Waals surface area contributed by atoms with Crippen LogP contribution in [0.2, 0.25) is 0 Å². The minimum Gasteiger partial charge on any atom is -0.378 e. The number of sulfonamides is 1. The van der Waals surface area contributed by atoms with Crippen LogP contribution in [0.25, 0.3) is 0 Å². The minimum atomic E-state index is -4.18. The van der Waals surface area contributed by atoms with E-state index in [1.54, 1.807) is 18.2 Å². The number of sulfone groups is 1. The predicted molar refractivity (Wildman–Crippen MR) is 146 cm³/mol. The molecule has 1 aliphatic carbocycles. The maximum atomic E-state index is 15.1. The van der Waals surface area contributed by atoms with Crippen LogP contribution in [-0.2, 0) is 29.3 Å². The number of hydrogen-bond donors (Lipinski definition) is 1. The predicted octanol–water partition coefficient (Wildman–Crippen LogP) is 4.10. The van der Waals surface area contributed by atoms with Gasteiger partial charge in [-0.05, 0) is 75.1 Å². The van der Waals surface area contributed by atoms with Gasteiger partial charge in [0.05, 0.1) is 18.1 Å². The average molecular weight is 592 g/mol. The highest BCUT2D eigenvalue weighted by molar-refractivity contribution is 7.92. The van der Waals surface area contributed by atoms with Crippen molar-refractivity contribution in [2.45, 2.75) is 53.2 Å². The van der Waals surface area contributed by atoms with Crippen molar-refractivity contribution in [3.8, 4) is 0 Å². The smallest absolute Gasteiger partial charge is 0.242 e. The number of morpholine rings is 1. The van der Waals surface area contributed by atoms with Gasteiger partial charge in [-0.15, -0.1) is 0 Å². The van der Waals surface area contributed by atoms with Crippen LogP contribution >= 0.6 is 0 Å². The van der Waals surface area contributed by atoms with Crippen LogP contribution in [-0.4, -0.2) is 54.2 Å². The number of aromatic nitrogens is 1. The zero-order valence-electron chi connectivity index (χ0n) is 22.0. The third-order valence-corrected chi connectivity index (χ3v) is 11.8. The molecule has 3 aromatic rings. The van der Waals surface area contributed by atoms with E-state index in [4.69, 9.17) is 4.74 Å². The van der Waals surface area contributed by atoms with Gasteiger partial charge in [0, 0.05) is 30.9 Å². The second kappa shape index (κ2) is 11.2. The molecule has 214 valence electrons. The van der Waals surface area contributed by atoms with E-state index in [2.05, 4.69) is 9.71 Å². The van der Waals surface area contributed by atoms with E-state index >= 15 is 4.39 Å². The Balaban J connectivity index is 1.39. The highest BCUT2D eigenvalue weighted by Crippen LogP contribution is 2.48. The number of ether oxygens (including phenoxy) is 1. The van der Waals surface area contributed by atoms with Crippen LogP contribution in [0.3, 0.4) is 0 Å². The molecule has 1 N–H and O–H groups in total. The molecule has 0 atom stereocenters. The van der Waals surface area contributed by atoms with Gasteiger partial charge in [-0.25, -0.2) is 35.3 Å². The van der Waals surface area contributed by atoms with Gasteiger partial charge in [0.1, 0.15) is 27.1 Å². The third-order valence-electron chi connectivity index (χ3n) is 7.75. The summed E-state index contributed by atoms with van der Waals surface area (Å²) in [4.78, 5) is 6.31. The first-order chi connectivity index (χ1) is 19.0. The van der Waals surface area contributed by atoms with Crippen molar-refractivity contribution in [1.29, 1.82) is 0 Å². The standard InChI is InChI=1S/C28H31F2N3O5S2/c1-20-2-5-23(6-3-20)39(34,35)28(25-18-21(29)4-8-26(25)30)12-10-22(11-13-28)32-40(36,37)24-7-9-27(31-19-24)33-14-16-38-17-15-33/h2-9,18-19,22,32H,10-17H2,1H3. The molecule has 1 aliphatic heterocycles. The van der Waals surface area contributed by atoms with Crippen molar-refractivity contribution in [3.05, 3.63) is 83.6 Å². The molecular weight excluding hydrogens is 560 g/mol. The van der Waals surface area contributed by atoms with Gasteiger partial charge in [-0.2, -0.15) is 0 Å². The largest absolute Gasteiger partial charge is 0.378 e. The number of anilines is 1. The maximum Gasteiger partial charge on any atom is 0.242 e. The van der Waals surface area contributed by atoms with Crippen molar-refractivity contribution in [2.24, 2.45) is 0 Å². The maximum absolute atomic E-state index is 15.1. The van der Waals surface area contributed by atoms with Crippen LogP contribution < -0.4 is 9.62 Å². The van der Waals surface area contributed by atoms with Crippen molar-refractivity contribution in [1.82, 2.24) is 9.71 Å². The van der Waals surface area contributed by atoms with Crippen molar-refractivity contribution >= 4 is 25.7 Å². The Kier molecular flexibility index (Phi) is 7.97. The Hall–Kier alpha value is -2.93. The van der Waals surface area contributed by atoms with Gasteiger partial charge < -0.3 is 9.64 Å². The summed E-state index contributed by atoms with van der Waals surface area (Å²) in [6.45, 7) is 4.30. The lowest BCUT2D eigenvalue weighted by Gasteiger charge is -2.40. The van der Waals surface area contributed by atoms with Crippen LogP contribution in [0.15, 0.2) is 70.6 Å². The molecule has 2 heterocycles. The molecule has 8 nitrogen and oxygen atoms in total. The van der Waals surface area contributed by atoms with Crippen molar-refractivity contribution < 1.29 is 30.4 Å². The van der Waals surface area contributed by atoms with Gasteiger partial charge in [0.15, 0.2) is 9.84 Å². The highest BCUT2D eigenvalue weighted by atomic mass is 32.2. The molecular formula is C28H31F2N3O5S2. The quantitative estimate of drug-likeness (QED) is 0.441. The number of nitrogens with one attached hydrogen (secondary N) is 1. The van der Waals surface area contributed by atoms with Gasteiger partial charge in [-0.1, -0.05) is 17.7 Å². The Morgan fingerprint density at radius 3 is 2.20 bits per heavy atom. The topological polar surface area (TPSA) is 106 Å². The van der Waals surface area contributed by atoms with Crippen molar-refractivity contribution in [2.75, 3.05) is 31.2 Å². The monoisotopic (exact) mass is 591 g/mol. The number of pyridine rings is 1. The summed E-state index contributed by atoms with van der Waals surface area (Å²) in [5.74, 6) is -0.906. The van der Waals surface area contributed by atoms with E-state index in [1.807, 2.05) is 11.8 Å². The molecule has 40 heavy (non-hydrogen) atoms. The fourth-order valence-electron chi connectivity index (χ4n) is 5.47. The Morgan fingerprint density at radius 2 is 1.57 bits per heavy atom. The molecule has 2 aliphatic rings. The van der Waals surface area contributed by atoms with Crippen LogP contribution in [0.5, 0.6) is 0 Å². The lowest BCUT2D eigenvalue weighted by molar-refractivity contribution is 0.122. The second-order valence-corrected chi connectivity index (χ2v) is 14.3. The molecule has 0 spiro atoms. The molecule has 0 bridgehead atoms. The fourth-order valence-corrected chi connectivity index (χ4v) is 8.89. The number of benzene rings is 2. The third kappa shape index (κ3) is 5.50. The van der Waals surface area contributed by atoms with Crippen LogP contribution in [0, 0.1) is 18.6 Å².